The molecule has 2 aliphatic rings. The van der Waals surface area contributed by atoms with Crippen LogP contribution >= 0.6 is 0 Å². The summed E-state index contributed by atoms with van der Waals surface area (Å²) in [6.07, 6.45) is 6.32. The lowest BCUT2D eigenvalue weighted by Crippen LogP contribution is -2.21. The lowest BCUT2D eigenvalue weighted by atomic mass is 10.1. The highest BCUT2D eigenvalue weighted by atomic mass is 16.5. The molecule has 0 bridgehead atoms. The van der Waals surface area contributed by atoms with Crippen molar-refractivity contribution in [3.8, 4) is 17.5 Å². The van der Waals surface area contributed by atoms with Gasteiger partial charge in [-0.2, -0.15) is 4.68 Å². The molecule has 25 heavy (non-hydrogen) atoms. The largest absolute Gasteiger partial charge is 0.441 e. The van der Waals surface area contributed by atoms with Crippen molar-refractivity contribution in [1.29, 1.82) is 0 Å². The molecule has 1 aliphatic carbocycles. The Bertz CT molecular complexity index is 874. The minimum absolute atomic E-state index is 0.0985. The van der Waals surface area contributed by atoms with E-state index in [0.717, 1.165) is 42.7 Å². The second-order valence-corrected chi connectivity index (χ2v) is 6.91. The van der Waals surface area contributed by atoms with Gasteiger partial charge in [0.1, 0.15) is 0 Å². The summed E-state index contributed by atoms with van der Waals surface area (Å²) < 4.78 is 12.4. The third-order valence-corrected chi connectivity index (χ3v) is 4.69. The fourth-order valence-electron chi connectivity index (χ4n) is 3.10. The number of hydrogen-bond donors (Lipinski definition) is 0. The highest BCUT2D eigenvalue weighted by Crippen LogP contribution is 2.27. The average Bonchev–Trinajstić information content (AvgIpc) is 3.37. The number of benzene rings is 1. The van der Waals surface area contributed by atoms with E-state index in [1.165, 1.54) is 17.5 Å². The Kier molecular flexibility index (Phi) is 4.46. The van der Waals surface area contributed by atoms with Crippen LogP contribution in [0.15, 0.2) is 27.4 Å². The van der Waals surface area contributed by atoms with Crippen molar-refractivity contribution in [2.45, 2.75) is 51.6 Å². The van der Waals surface area contributed by atoms with Crippen LogP contribution in [0.4, 0.5) is 0 Å². The van der Waals surface area contributed by atoms with Crippen LogP contribution in [0.2, 0.25) is 0 Å². The Hall–Kier alpha value is -2.32. The van der Waals surface area contributed by atoms with Crippen molar-refractivity contribution in [3.63, 3.8) is 0 Å². The Morgan fingerprint density at radius 1 is 1.28 bits per heavy atom. The van der Waals surface area contributed by atoms with Gasteiger partial charge in [0.15, 0.2) is 0 Å². The van der Waals surface area contributed by atoms with E-state index >= 15 is 0 Å². The maximum Gasteiger partial charge on any atom is 0.441 e. The lowest BCUT2D eigenvalue weighted by Gasteiger charge is -2.20. The highest BCUT2D eigenvalue weighted by molar-refractivity contribution is 5.47. The van der Waals surface area contributed by atoms with Crippen LogP contribution in [0.3, 0.4) is 0 Å². The third kappa shape index (κ3) is 3.85. The smallest absolute Gasteiger partial charge is 0.392 e. The van der Waals surface area contributed by atoms with E-state index in [1.807, 2.05) is 25.1 Å². The van der Waals surface area contributed by atoms with Crippen LogP contribution in [0.25, 0.3) is 5.69 Å². The molecule has 1 aliphatic heterocycles. The zero-order valence-electron chi connectivity index (χ0n) is 14.5. The number of rotatable bonds is 3. The summed E-state index contributed by atoms with van der Waals surface area (Å²) in [7, 11) is 0. The molecule has 4 rings (SSSR count). The average molecular weight is 338 g/mol. The number of aromatic nitrogens is 2. The summed E-state index contributed by atoms with van der Waals surface area (Å²) in [6, 6.07) is 5.82. The third-order valence-electron chi connectivity index (χ3n) is 4.69. The Labute approximate surface area is 147 Å². The first-order valence-electron chi connectivity index (χ1n) is 9.02. The molecule has 1 aromatic heterocycles. The predicted molar refractivity (Wildman–Crippen MR) is 93.7 cm³/mol. The summed E-state index contributed by atoms with van der Waals surface area (Å²) in [5.74, 6) is 7.01. The Balaban J connectivity index is 1.54. The van der Waals surface area contributed by atoms with Crippen molar-refractivity contribution in [1.82, 2.24) is 9.78 Å². The summed E-state index contributed by atoms with van der Waals surface area (Å²) in [4.78, 5) is 12.2. The van der Waals surface area contributed by atoms with Crippen molar-refractivity contribution in [2.75, 3.05) is 6.61 Å². The molecule has 130 valence electrons. The Morgan fingerprint density at radius 3 is 2.88 bits per heavy atom. The lowest BCUT2D eigenvalue weighted by molar-refractivity contribution is 0.0130. The quantitative estimate of drug-likeness (QED) is 0.807. The minimum atomic E-state index is -0.453. The molecule has 1 unspecified atom stereocenters. The van der Waals surface area contributed by atoms with Gasteiger partial charge >= 0.3 is 5.76 Å². The minimum Gasteiger partial charge on any atom is -0.392 e. The van der Waals surface area contributed by atoms with Crippen LogP contribution in [-0.4, -0.2) is 22.5 Å². The van der Waals surface area contributed by atoms with Crippen LogP contribution in [0, 0.1) is 24.7 Å². The van der Waals surface area contributed by atoms with E-state index in [9.17, 15) is 4.79 Å². The molecule has 0 N–H and O–H groups in total. The molecule has 1 saturated carbocycles. The molecule has 0 spiro atoms. The topological polar surface area (TPSA) is 57.3 Å². The first-order valence-corrected chi connectivity index (χ1v) is 9.02. The van der Waals surface area contributed by atoms with E-state index < -0.39 is 5.76 Å². The van der Waals surface area contributed by atoms with Gasteiger partial charge in [-0.1, -0.05) is 11.8 Å². The number of hydrogen-bond acceptors (Lipinski definition) is 4. The first-order chi connectivity index (χ1) is 12.2. The van der Waals surface area contributed by atoms with Crippen LogP contribution in [0.5, 0.6) is 0 Å². The van der Waals surface area contributed by atoms with Gasteiger partial charge in [0.25, 0.3) is 0 Å². The van der Waals surface area contributed by atoms with Gasteiger partial charge < -0.3 is 9.15 Å². The van der Waals surface area contributed by atoms with Crippen LogP contribution in [0.1, 0.15) is 49.1 Å². The van der Waals surface area contributed by atoms with Crippen LogP contribution < -0.4 is 5.76 Å². The zero-order chi connectivity index (χ0) is 17.2. The monoisotopic (exact) mass is 338 g/mol. The molecule has 2 fully saturated rings. The fourth-order valence-corrected chi connectivity index (χ4v) is 3.10. The van der Waals surface area contributed by atoms with Crippen molar-refractivity contribution in [3.05, 3.63) is 45.8 Å². The molecule has 2 aromatic rings. The first kappa shape index (κ1) is 16.2. The molecule has 5 heteroatoms. The SMILES string of the molecule is Cc1cc(C#CC2CC2)ccc1-n1nc(CC2CCCCO2)oc1=O. The fraction of sp³-hybridized carbons (Fsp3) is 0.500. The highest BCUT2D eigenvalue weighted by Gasteiger charge is 2.20. The van der Waals surface area contributed by atoms with Crippen molar-refractivity contribution in [2.24, 2.45) is 5.92 Å². The van der Waals surface area contributed by atoms with Crippen LogP contribution in [-0.2, 0) is 11.2 Å². The normalized spacial score (nSPS) is 20.1. The van der Waals surface area contributed by atoms with Crippen molar-refractivity contribution >= 4 is 0 Å². The van der Waals surface area contributed by atoms with Gasteiger partial charge in [0.05, 0.1) is 18.2 Å². The van der Waals surface area contributed by atoms with Gasteiger partial charge in [-0.15, -0.1) is 5.10 Å². The van der Waals surface area contributed by atoms with Gasteiger partial charge in [0, 0.05) is 18.1 Å². The number of ether oxygens (including phenoxy) is 1. The zero-order valence-corrected chi connectivity index (χ0v) is 14.5. The van der Waals surface area contributed by atoms with Gasteiger partial charge in [-0.05, 0) is 62.8 Å². The van der Waals surface area contributed by atoms with Crippen molar-refractivity contribution < 1.29 is 9.15 Å². The van der Waals surface area contributed by atoms with Gasteiger partial charge in [-0.25, -0.2) is 4.79 Å². The molecule has 5 nitrogen and oxygen atoms in total. The van der Waals surface area contributed by atoms with E-state index in [2.05, 4.69) is 16.9 Å². The second kappa shape index (κ2) is 6.89. The Morgan fingerprint density at radius 2 is 2.16 bits per heavy atom. The molecule has 2 heterocycles. The standard InChI is InChI=1S/C20H22N2O3/c1-14-12-16(8-7-15-5-6-15)9-10-18(14)22-20(23)25-19(21-22)13-17-4-2-3-11-24-17/h9-10,12,15,17H,2-6,11,13H2,1H3. The summed E-state index contributed by atoms with van der Waals surface area (Å²) in [6.45, 7) is 2.74. The summed E-state index contributed by atoms with van der Waals surface area (Å²) >= 11 is 0. The van der Waals surface area contributed by atoms with E-state index in [0.29, 0.717) is 18.2 Å². The predicted octanol–water partition coefficient (Wildman–Crippen LogP) is 3.01. The van der Waals surface area contributed by atoms with E-state index in [1.54, 1.807) is 0 Å². The molecule has 1 aromatic carbocycles. The second-order valence-electron chi connectivity index (χ2n) is 6.91. The molecule has 1 atom stereocenters. The van der Waals surface area contributed by atoms with E-state index in [4.69, 9.17) is 9.15 Å². The molecular weight excluding hydrogens is 316 g/mol. The molecule has 0 amide bonds. The van der Waals surface area contributed by atoms with E-state index in [-0.39, 0.29) is 6.10 Å². The van der Waals surface area contributed by atoms with Gasteiger partial charge in [-0.3, -0.25) is 0 Å². The molecular formula is C20H22N2O3. The summed E-state index contributed by atoms with van der Waals surface area (Å²) in [5.41, 5.74) is 2.67. The van der Waals surface area contributed by atoms with Gasteiger partial charge in [0.2, 0.25) is 5.89 Å². The maximum absolute atomic E-state index is 12.2. The maximum atomic E-state index is 12.2. The number of nitrogens with zero attached hydrogens (tertiary/aromatic N) is 2. The molecule has 1 saturated heterocycles. The summed E-state index contributed by atoms with van der Waals surface area (Å²) in [5, 5.41) is 4.37. The number of aryl methyl sites for hydroxylation is 1. The molecule has 0 radical (unpaired) electrons.